The molecule has 1 heterocycles. The summed E-state index contributed by atoms with van der Waals surface area (Å²) in [5.74, 6) is 0.964. The lowest BCUT2D eigenvalue weighted by atomic mass is 10.3. The summed E-state index contributed by atoms with van der Waals surface area (Å²) in [6, 6.07) is 1.89. The van der Waals surface area contributed by atoms with E-state index in [2.05, 4.69) is 12.3 Å². The highest BCUT2D eigenvalue weighted by Crippen LogP contribution is 2.14. The Morgan fingerprint density at radius 3 is 3.09 bits per heavy atom. The molecule has 0 N–H and O–H groups in total. The minimum atomic E-state index is 0.846. The van der Waals surface area contributed by atoms with Crippen LogP contribution in [0.5, 0.6) is 5.75 Å². The van der Waals surface area contributed by atoms with Gasteiger partial charge in [0.2, 0.25) is 0 Å². The zero-order valence-electron chi connectivity index (χ0n) is 6.80. The minimum Gasteiger partial charge on any atom is -0.493 e. The fourth-order valence-corrected chi connectivity index (χ4v) is 1.34. The van der Waals surface area contributed by atoms with Crippen LogP contribution >= 0.6 is 11.3 Å². The summed E-state index contributed by atoms with van der Waals surface area (Å²) in [5, 5.41) is 4.97. The molecule has 2 heteroatoms. The highest BCUT2D eigenvalue weighted by atomic mass is 32.1. The van der Waals surface area contributed by atoms with Crippen LogP contribution in [0.25, 0.3) is 0 Å². The molecule has 0 saturated carbocycles. The lowest BCUT2D eigenvalue weighted by Crippen LogP contribution is -1.95. The molecule has 0 bridgehead atoms. The van der Waals surface area contributed by atoms with E-state index in [1.165, 1.54) is 12.8 Å². The third-order valence-corrected chi connectivity index (χ3v) is 2.07. The molecule has 0 saturated heterocycles. The van der Waals surface area contributed by atoms with Crippen molar-refractivity contribution in [1.29, 1.82) is 0 Å². The van der Waals surface area contributed by atoms with Gasteiger partial charge in [-0.15, -0.1) is 11.3 Å². The molecular weight excluding hydrogens is 156 g/mol. The van der Waals surface area contributed by atoms with Gasteiger partial charge in [0.05, 0.1) is 6.61 Å². The van der Waals surface area contributed by atoms with Gasteiger partial charge in [-0.1, -0.05) is 19.8 Å². The van der Waals surface area contributed by atoms with E-state index in [9.17, 15) is 0 Å². The first-order valence-corrected chi connectivity index (χ1v) is 4.89. The third-order valence-electron chi connectivity index (χ3n) is 1.46. The molecule has 1 aromatic heterocycles. The second-order valence-corrected chi connectivity index (χ2v) is 3.16. The second kappa shape index (κ2) is 5.19. The van der Waals surface area contributed by atoms with E-state index in [-0.39, 0.29) is 0 Å². The van der Waals surface area contributed by atoms with Crippen molar-refractivity contribution in [3.05, 3.63) is 16.8 Å². The molecule has 0 aliphatic heterocycles. The van der Waals surface area contributed by atoms with Crippen LogP contribution in [0, 0.1) is 5.38 Å². The SMILES string of the molecule is CCCCCOc1c[c]sc1. The molecule has 1 rings (SSSR count). The summed E-state index contributed by atoms with van der Waals surface area (Å²) < 4.78 is 5.43. The Morgan fingerprint density at radius 2 is 2.45 bits per heavy atom. The van der Waals surface area contributed by atoms with Crippen LogP contribution < -0.4 is 4.74 Å². The van der Waals surface area contributed by atoms with Crippen LogP contribution in [-0.4, -0.2) is 6.61 Å². The van der Waals surface area contributed by atoms with Crippen molar-refractivity contribution in [2.24, 2.45) is 0 Å². The topological polar surface area (TPSA) is 9.23 Å². The lowest BCUT2D eigenvalue weighted by Gasteiger charge is -2.01. The molecule has 0 aromatic carbocycles. The minimum absolute atomic E-state index is 0.846. The maximum Gasteiger partial charge on any atom is 0.130 e. The number of rotatable bonds is 5. The van der Waals surface area contributed by atoms with Crippen LogP contribution in [0.3, 0.4) is 0 Å². The summed E-state index contributed by atoms with van der Waals surface area (Å²) in [5.41, 5.74) is 0. The van der Waals surface area contributed by atoms with Gasteiger partial charge >= 0.3 is 0 Å². The van der Waals surface area contributed by atoms with Gasteiger partial charge in [-0.3, -0.25) is 0 Å². The molecule has 0 unspecified atom stereocenters. The monoisotopic (exact) mass is 169 g/mol. The van der Waals surface area contributed by atoms with Crippen LogP contribution in [0.1, 0.15) is 26.2 Å². The summed E-state index contributed by atoms with van der Waals surface area (Å²) in [6.45, 7) is 3.04. The lowest BCUT2D eigenvalue weighted by molar-refractivity contribution is 0.307. The molecule has 1 aromatic rings. The maximum absolute atomic E-state index is 5.43. The highest BCUT2D eigenvalue weighted by Gasteiger charge is 1.91. The molecule has 0 aliphatic carbocycles. The molecule has 1 nitrogen and oxygen atoms in total. The van der Waals surface area contributed by atoms with Crippen LogP contribution in [0.15, 0.2) is 11.4 Å². The molecule has 61 valence electrons. The summed E-state index contributed by atoms with van der Waals surface area (Å²) in [6.07, 6.45) is 3.67. The normalized spacial score (nSPS) is 9.91. The summed E-state index contributed by atoms with van der Waals surface area (Å²) >= 11 is 1.55. The van der Waals surface area contributed by atoms with Gasteiger partial charge in [-0.05, 0) is 12.5 Å². The Balaban J connectivity index is 2.04. The zero-order valence-corrected chi connectivity index (χ0v) is 7.62. The Hall–Kier alpha value is -0.500. The highest BCUT2D eigenvalue weighted by molar-refractivity contribution is 7.07. The number of hydrogen-bond acceptors (Lipinski definition) is 2. The largest absolute Gasteiger partial charge is 0.493 e. The molecule has 0 spiro atoms. The molecule has 0 amide bonds. The standard InChI is InChI=1S/C9H13OS/c1-2-3-4-6-10-9-5-7-11-8-9/h5,8H,2-4,6H2,1H3. The number of thiophene rings is 1. The van der Waals surface area contributed by atoms with Crippen LogP contribution in [0.2, 0.25) is 0 Å². The van der Waals surface area contributed by atoms with Crippen molar-refractivity contribution >= 4 is 11.3 Å². The molecule has 11 heavy (non-hydrogen) atoms. The van der Waals surface area contributed by atoms with Gasteiger partial charge < -0.3 is 4.74 Å². The summed E-state index contributed by atoms with van der Waals surface area (Å²) in [4.78, 5) is 0. The fraction of sp³-hybridized carbons (Fsp3) is 0.556. The first-order chi connectivity index (χ1) is 5.43. The maximum atomic E-state index is 5.43. The van der Waals surface area contributed by atoms with E-state index >= 15 is 0 Å². The predicted molar refractivity (Wildman–Crippen MR) is 48.2 cm³/mol. The van der Waals surface area contributed by atoms with Crippen molar-refractivity contribution in [2.45, 2.75) is 26.2 Å². The average Bonchev–Trinajstić information content (AvgIpc) is 2.50. The van der Waals surface area contributed by atoms with Gasteiger partial charge in [0, 0.05) is 10.8 Å². The first-order valence-electron chi connectivity index (χ1n) is 4.01. The van der Waals surface area contributed by atoms with Gasteiger partial charge in [0.15, 0.2) is 0 Å². The van der Waals surface area contributed by atoms with Crippen LogP contribution in [-0.2, 0) is 0 Å². The van der Waals surface area contributed by atoms with Crippen molar-refractivity contribution in [3.63, 3.8) is 0 Å². The summed E-state index contributed by atoms with van der Waals surface area (Å²) in [7, 11) is 0. The number of hydrogen-bond donors (Lipinski definition) is 0. The zero-order chi connectivity index (χ0) is 7.94. The Morgan fingerprint density at radius 1 is 1.55 bits per heavy atom. The molecular formula is C9H13OS. The molecule has 1 radical (unpaired) electrons. The van der Waals surface area contributed by atoms with E-state index in [4.69, 9.17) is 4.74 Å². The Kier molecular flexibility index (Phi) is 4.06. The fourth-order valence-electron chi connectivity index (χ4n) is 0.836. The van der Waals surface area contributed by atoms with Gasteiger partial charge in [-0.2, -0.15) is 0 Å². The first kappa shape index (κ1) is 8.60. The van der Waals surface area contributed by atoms with Gasteiger partial charge in [0.1, 0.15) is 5.75 Å². The number of unbranched alkanes of at least 4 members (excludes halogenated alkanes) is 2. The smallest absolute Gasteiger partial charge is 0.130 e. The molecule has 0 fully saturated rings. The van der Waals surface area contributed by atoms with E-state index in [1.54, 1.807) is 11.3 Å². The van der Waals surface area contributed by atoms with E-state index in [0.29, 0.717) is 0 Å². The van der Waals surface area contributed by atoms with Crippen molar-refractivity contribution in [1.82, 2.24) is 0 Å². The van der Waals surface area contributed by atoms with Gasteiger partial charge in [-0.25, -0.2) is 0 Å². The predicted octanol–water partition coefficient (Wildman–Crippen LogP) is 3.12. The molecule has 0 aliphatic rings. The van der Waals surface area contributed by atoms with Crippen molar-refractivity contribution in [2.75, 3.05) is 6.61 Å². The van der Waals surface area contributed by atoms with Crippen LogP contribution in [0.4, 0.5) is 0 Å². The third kappa shape index (κ3) is 3.42. The second-order valence-electron chi connectivity index (χ2n) is 2.46. The van der Waals surface area contributed by atoms with E-state index in [0.717, 1.165) is 18.8 Å². The van der Waals surface area contributed by atoms with E-state index < -0.39 is 0 Å². The average molecular weight is 169 g/mol. The molecule has 0 atom stereocenters. The van der Waals surface area contributed by atoms with Gasteiger partial charge in [0.25, 0.3) is 0 Å². The Labute approximate surface area is 72.0 Å². The van der Waals surface area contributed by atoms with E-state index in [1.807, 2.05) is 11.4 Å². The number of ether oxygens (including phenoxy) is 1. The van der Waals surface area contributed by atoms with Crippen molar-refractivity contribution in [3.8, 4) is 5.75 Å². The Bertz CT molecular complexity index is 170. The van der Waals surface area contributed by atoms with Crippen molar-refractivity contribution < 1.29 is 4.74 Å². The quantitative estimate of drug-likeness (QED) is 0.615.